The number of carbonyl (C=O) groups is 1. The largest absolute Gasteiger partial charge is 0.508 e. The van der Waals surface area contributed by atoms with Crippen LogP contribution in [0.25, 0.3) is 0 Å². The summed E-state index contributed by atoms with van der Waals surface area (Å²) in [6.07, 6.45) is 0.209. The van der Waals surface area contributed by atoms with E-state index < -0.39 is 0 Å². The highest BCUT2D eigenvalue weighted by Gasteiger charge is 2.10. The lowest BCUT2D eigenvalue weighted by atomic mass is 10.1. The molecule has 0 saturated heterocycles. The van der Waals surface area contributed by atoms with Crippen LogP contribution in [0.4, 0.5) is 4.39 Å². The molecule has 3 nitrogen and oxygen atoms in total. The molecule has 104 valence electrons. The van der Waals surface area contributed by atoms with Gasteiger partial charge in [0.15, 0.2) is 0 Å². The number of carbonyl (C=O) groups excluding carboxylic acids is 1. The predicted octanol–water partition coefficient (Wildman–Crippen LogP) is 2.73. The Morgan fingerprint density at radius 2 is 1.85 bits per heavy atom. The minimum Gasteiger partial charge on any atom is -0.508 e. The summed E-state index contributed by atoms with van der Waals surface area (Å²) in [7, 11) is 1.68. The van der Waals surface area contributed by atoms with E-state index in [-0.39, 0.29) is 23.9 Å². The van der Waals surface area contributed by atoms with Gasteiger partial charge in [-0.2, -0.15) is 0 Å². The lowest BCUT2D eigenvalue weighted by molar-refractivity contribution is -0.129. The molecule has 0 radical (unpaired) electrons. The Kier molecular flexibility index (Phi) is 4.35. The summed E-state index contributed by atoms with van der Waals surface area (Å²) in [6.45, 7) is 0.357. The highest BCUT2D eigenvalue weighted by Crippen LogP contribution is 2.13. The molecular weight excluding hydrogens is 257 g/mol. The van der Waals surface area contributed by atoms with Gasteiger partial charge in [0, 0.05) is 13.6 Å². The number of rotatable bonds is 4. The SMILES string of the molecule is CN(Cc1cccc(F)c1)C(=O)Cc1cccc(O)c1. The first-order chi connectivity index (χ1) is 9.54. The zero-order valence-electron chi connectivity index (χ0n) is 11.2. The van der Waals surface area contributed by atoms with Gasteiger partial charge in [0.1, 0.15) is 11.6 Å². The number of hydrogen-bond donors (Lipinski definition) is 1. The van der Waals surface area contributed by atoms with Crippen molar-refractivity contribution in [2.24, 2.45) is 0 Å². The Labute approximate surface area is 117 Å². The normalized spacial score (nSPS) is 10.3. The molecule has 2 rings (SSSR count). The molecule has 2 aromatic carbocycles. The third kappa shape index (κ3) is 3.82. The van der Waals surface area contributed by atoms with Gasteiger partial charge in [-0.3, -0.25) is 4.79 Å². The second-order valence-corrected chi connectivity index (χ2v) is 4.73. The minimum absolute atomic E-state index is 0.0835. The van der Waals surface area contributed by atoms with Crippen LogP contribution in [0.15, 0.2) is 48.5 Å². The maximum atomic E-state index is 13.1. The van der Waals surface area contributed by atoms with Gasteiger partial charge in [-0.1, -0.05) is 24.3 Å². The summed E-state index contributed by atoms with van der Waals surface area (Å²) >= 11 is 0. The molecule has 0 aliphatic rings. The summed E-state index contributed by atoms with van der Waals surface area (Å²) in [4.78, 5) is 13.6. The average Bonchev–Trinajstić information content (AvgIpc) is 2.38. The van der Waals surface area contributed by atoms with E-state index in [0.29, 0.717) is 6.54 Å². The maximum absolute atomic E-state index is 13.1. The van der Waals surface area contributed by atoms with Crippen LogP contribution in [0.5, 0.6) is 5.75 Å². The highest BCUT2D eigenvalue weighted by molar-refractivity contribution is 5.78. The van der Waals surface area contributed by atoms with E-state index in [1.54, 1.807) is 48.3 Å². The topological polar surface area (TPSA) is 40.5 Å². The van der Waals surface area contributed by atoms with E-state index in [4.69, 9.17) is 0 Å². The molecule has 0 fully saturated rings. The first-order valence-corrected chi connectivity index (χ1v) is 6.31. The van der Waals surface area contributed by atoms with Gasteiger partial charge in [-0.25, -0.2) is 4.39 Å². The van der Waals surface area contributed by atoms with Gasteiger partial charge < -0.3 is 10.0 Å². The van der Waals surface area contributed by atoms with Crippen molar-refractivity contribution in [2.75, 3.05) is 7.05 Å². The third-order valence-electron chi connectivity index (χ3n) is 3.00. The number of halogens is 1. The van der Waals surface area contributed by atoms with E-state index in [9.17, 15) is 14.3 Å². The van der Waals surface area contributed by atoms with E-state index in [0.717, 1.165) is 11.1 Å². The lowest BCUT2D eigenvalue weighted by Crippen LogP contribution is -2.27. The van der Waals surface area contributed by atoms with Crippen molar-refractivity contribution in [3.05, 3.63) is 65.5 Å². The number of aromatic hydroxyl groups is 1. The minimum atomic E-state index is -0.309. The van der Waals surface area contributed by atoms with Crippen molar-refractivity contribution < 1.29 is 14.3 Å². The zero-order valence-corrected chi connectivity index (χ0v) is 11.2. The highest BCUT2D eigenvalue weighted by atomic mass is 19.1. The Morgan fingerprint density at radius 3 is 2.55 bits per heavy atom. The lowest BCUT2D eigenvalue weighted by Gasteiger charge is -2.17. The van der Waals surface area contributed by atoms with Crippen LogP contribution >= 0.6 is 0 Å². The molecule has 4 heteroatoms. The molecule has 1 N–H and O–H groups in total. The Balaban J connectivity index is 1.98. The summed E-state index contributed by atoms with van der Waals surface area (Å²) in [5.41, 5.74) is 1.50. The molecule has 0 bridgehead atoms. The van der Waals surface area contributed by atoms with Crippen LogP contribution < -0.4 is 0 Å². The van der Waals surface area contributed by atoms with E-state index in [2.05, 4.69) is 0 Å². The third-order valence-corrected chi connectivity index (χ3v) is 3.00. The number of benzene rings is 2. The Hall–Kier alpha value is -2.36. The fourth-order valence-corrected chi connectivity index (χ4v) is 1.97. The van der Waals surface area contributed by atoms with Crippen molar-refractivity contribution >= 4 is 5.91 Å². The van der Waals surface area contributed by atoms with Crippen LogP contribution in [0.1, 0.15) is 11.1 Å². The standard InChI is InChI=1S/C16H16FNO2/c1-18(11-13-5-2-6-14(17)8-13)16(20)10-12-4-3-7-15(19)9-12/h2-9,19H,10-11H2,1H3. The predicted molar refractivity (Wildman–Crippen MR) is 74.7 cm³/mol. The van der Waals surface area contributed by atoms with Gasteiger partial charge in [0.05, 0.1) is 6.42 Å². The molecule has 0 aliphatic heterocycles. The smallest absolute Gasteiger partial charge is 0.227 e. The number of nitrogens with zero attached hydrogens (tertiary/aromatic N) is 1. The van der Waals surface area contributed by atoms with Crippen LogP contribution in [0, 0.1) is 5.82 Å². The van der Waals surface area contributed by atoms with Crippen LogP contribution in [-0.2, 0) is 17.8 Å². The molecule has 20 heavy (non-hydrogen) atoms. The summed E-state index contributed by atoms with van der Waals surface area (Å²) in [5.74, 6) is -0.251. The van der Waals surface area contributed by atoms with Crippen LogP contribution in [-0.4, -0.2) is 23.0 Å². The molecule has 0 saturated carbocycles. The molecule has 0 heterocycles. The van der Waals surface area contributed by atoms with Gasteiger partial charge in [0.25, 0.3) is 0 Å². The van der Waals surface area contributed by atoms with Crippen molar-refractivity contribution in [3.63, 3.8) is 0 Å². The molecule has 0 aliphatic carbocycles. The van der Waals surface area contributed by atoms with Crippen molar-refractivity contribution in [1.82, 2.24) is 4.90 Å². The zero-order chi connectivity index (χ0) is 14.5. The van der Waals surface area contributed by atoms with Gasteiger partial charge in [-0.05, 0) is 35.4 Å². The van der Waals surface area contributed by atoms with Crippen molar-refractivity contribution in [2.45, 2.75) is 13.0 Å². The molecule has 0 unspecified atom stereocenters. The number of hydrogen-bond acceptors (Lipinski definition) is 2. The number of phenolic OH excluding ortho intramolecular Hbond substituents is 1. The molecular formula is C16H16FNO2. The van der Waals surface area contributed by atoms with Crippen LogP contribution in [0.2, 0.25) is 0 Å². The number of phenols is 1. The monoisotopic (exact) mass is 273 g/mol. The molecule has 0 atom stereocenters. The molecule has 0 spiro atoms. The van der Waals surface area contributed by atoms with Gasteiger partial charge in [0.2, 0.25) is 5.91 Å². The maximum Gasteiger partial charge on any atom is 0.227 e. The van der Waals surface area contributed by atoms with Gasteiger partial charge in [-0.15, -0.1) is 0 Å². The quantitative estimate of drug-likeness (QED) is 0.930. The van der Waals surface area contributed by atoms with Crippen molar-refractivity contribution in [1.29, 1.82) is 0 Å². The Bertz CT molecular complexity index is 613. The first-order valence-electron chi connectivity index (χ1n) is 6.31. The summed E-state index contributed by atoms with van der Waals surface area (Å²) in [6, 6.07) is 12.8. The molecule has 1 amide bonds. The summed E-state index contributed by atoms with van der Waals surface area (Å²) < 4.78 is 13.1. The van der Waals surface area contributed by atoms with E-state index >= 15 is 0 Å². The van der Waals surface area contributed by atoms with E-state index in [1.807, 2.05) is 0 Å². The first kappa shape index (κ1) is 14.1. The van der Waals surface area contributed by atoms with E-state index in [1.165, 1.54) is 12.1 Å². The fraction of sp³-hybridized carbons (Fsp3) is 0.188. The summed E-state index contributed by atoms with van der Waals surface area (Å²) in [5, 5.41) is 9.36. The second-order valence-electron chi connectivity index (χ2n) is 4.73. The molecule has 0 aromatic heterocycles. The molecule has 2 aromatic rings. The van der Waals surface area contributed by atoms with Crippen LogP contribution in [0.3, 0.4) is 0 Å². The average molecular weight is 273 g/mol. The van der Waals surface area contributed by atoms with Gasteiger partial charge >= 0.3 is 0 Å². The number of likely N-dealkylation sites (N-methyl/N-ethyl adjacent to an activating group) is 1. The Morgan fingerprint density at radius 1 is 1.15 bits per heavy atom. The number of amides is 1. The van der Waals surface area contributed by atoms with Crippen molar-refractivity contribution in [3.8, 4) is 5.75 Å². The fourth-order valence-electron chi connectivity index (χ4n) is 1.97. The second kappa shape index (κ2) is 6.19.